The number of terminal acetylenes is 1. The molecule has 0 amide bonds. The van der Waals surface area contributed by atoms with Gasteiger partial charge in [-0.15, -0.1) is 6.42 Å². The number of rotatable bonds is 2. The molecule has 0 aromatic heterocycles. The van der Waals surface area contributed by atoms with Crippen LogP contribution in [0.1, 0.15) is 5.56 Å². The molecule has 0 aliphatic carbocycles. The SMILES string of the molecule is C#Cc1c(Cl)ccc2c(-c3ccccc3)c3ccccc3c(-c3ccccc3)c12. The molecule has 29 heavy (non-hydrogen) atoms. The molecule has 0 unspecified atom stereocenters. The van der Waals surface area contributed by atoms with Crippen LogP contribution < -0.4 is 0 Å². The predicted octanol–water partition coefficient (Wildman–Crippen LogP) is 7.96. The fourth-order valence-electron chi connectivity index (χ4n) is 4.21. The Labute approximate surface area is 175 Å². The zero-order valence-corrected chi connectivity index (χ0v) is 16.4. The average molecular weight is 389 g/mol. The highest BCUT2D eigenvalue weighted by Gasteiger charge is 2.19. The van der Waals surface area contributed by atoms with Crippen molar-refractivity contribution in [3.05, 3.63) is 108 Å². The Morgan fingerprint density at radius 1 is 0.552 bits per heavy atom. The molecule has 0 aliphatic heterocycles. The maximum absolute atomic E-state index is 6.57. The normalized spacial score (nSPS) is 10.9. The highest BCUT2D eigenvalue weighted by molar-refractivity contribution is 6.34. The number of fused-ring (bicyclic) bond motifs is 2. The molecule has 5 aromatic carbocycles. The first kappa shape index (κ1) is 17.6. The largest absolute Gasteiger partial charge is 0.115 e. The lowest BCUT2D eigenvalue weighted by Gasteiger charge is -2.19. The van der Waals surface area contributed by atoms with Crippen molar-refractivity contribution in [1.82, 2.24) is 0 Å². The maximum atomic E-state index is 6.57. The van der Waals surface area contributed by atoms with E-state index >= 15 is 0 Å². The summed E-state index contributed by atoms with van der Waals surface area (Å²) in [6, 6.07) is 33.4. The van der Waals surface area contributed by atoms with E-state index in [1.807, 2.05) is 18.2 Å². The van der Waals surface area contributed by atoms with Crippen LogP contribution in [0.4, 0.5) is 0 Å². The summed E-state index contributed by atoms with van der Waals surface area (Å²) in [7, 11) is 0. The zero-order valence-electron chi connectivity index (χ0n) is 15.7. The van der Waals surface area contributed by atoms with E-state index in [9.17, 15) is 0 Å². The minimum absolute atomic E-state index is 0.603. The van der Waals surface area contributed by atoms with Crippen molar-refractivity contribution >= 4 is 33.1 Å². The van der Waals surface area contributed by atoms with Crippen LogP contribution in [0.15, 0.2) is 97.1 Å². The van der Waals surface area contributed by atoms with E-state index in [4.69, 9.17) is 18.0 Å². The molecule has 0 N–H and O–H groups in total. The van der Waals surface area contributed by atoms with E-state index in [1.54, 1.807) is 0 Å². The molecule has 5 aromatic rings. The standard InChI is InChI=1S/C28H17Cl/c1-2-21-25(29)18-17-24-26(19-11-5-3-6-12-19)22-15-9-10-16-23(22)27(28(21)24)20-13-7-4-8-14-20/h1,3-18H. The number of hydrogen-bond donors (Lipinski definition) is 0. The monoisotopic (exact) mass is 388 g/mol. The van der Waals surface area contributed by atoms with E-state index in [1.165, 1.54) is 21.9 Å². The van der Waals surface area contributed by atoms with Gasteiger partial charge in [-0.05, 0) is 44.5 Å². The molecule has 0 spiro atoms. The van der Waals surface area contributed by atoms with E-state index in [0.29, 0.717) is 5.02 Å². The van der Waals surface area contributed by atoms with Crippen molar-refractivity contribution in [1.29, 1.82) is 0 Å². The highest BCUT2D eigenvalue weighted by atomic mass is 35.5. The third kappa shape index (κ3) is 2.80. The lowest BCUT2D eigenvalue weighted by atomic mass is 9.84. The van der Waals surface area contributed by atoms with Crippen LogP contribution in [-0.2, 0) is 0 Å². The van der Waals surface area contributed by atoms with Crippen LogP contribution in [0.3, 0.4) is 0 Å². The third-order valence-corrected chi connectivity index (χ3v) is 5.72. The molecule has 0 fully saturated rings. The molecule has 1 heteroatoms. The molecule has 0 radical (unpaired) electrons. The van der Waals surface area contributed by atoms with Gasteiger partial charge in [-0.2, -0.15) is 0 Å². The fourth-order valence-corrected chi connectivity index (χ4v) is 4.42. The van der Waals surface area contributed by atoms with E-state index in [-0.39, 0.29) is 0 Å². The molecule has 0 saturated carbocycles. The van der Waals surface area contributed by atoms with Gasteiger partial charge in [-0.3, -0.25) is 0 Å². The van der Waals surface area contributed by atoms with E-state index in [2.05, 4.69) is 84.8 Å². The van der Waals surface area contributed by atoms with Crippen molar-refractivity contribution in [3.8, 4) is 34.6 Å². The summed E-state index contributed by atoms with van der Waals surface area (Å²) >= 11 is 6.57. The molecule has 0 bridgehead atoms. The van der Waals surface area contributed by atoms with Crippen LogP contribution in [0.25, 0.3) is 43.8 Å². The second-order valence-electron chi connectivity index (χ2n) is 7.02. The van der Waals surface area contributed by atoms with Gasteiger partial charge in [-0.25, -0.2) is 0 Å². The highest BCUT2D eigenvalue weighted by Crippen LogP contribution is 2.45. The zero-order chi connectivity index (χ0) is 19.8. The quantitative estimate of drug-likeness (QED) is 0.212. The lowest BCUT2D eigenvalue weighted by Crippen LogP contribution is -1.93. The van der Waals surface area contributed by atoms with Gasteiger partial charge in [0.15, 0.2) is 0 Å². The first-order chi connectivity index (χ1) is 14.3. The summed E-state index contributed by atoms with van der Waals surface area (Å²) in [4.78, 5) is 0. The summed E-state index contributed by atoms with van der Waals surface area (Å²) in [6.07, 6.45) is 5.96. The van der Waals surface area contributed by atoms with Gasteiger partial charge in [0.05, 0.1) is 10.6 Å². The Morgan fingerprint density at radius 2 is 1.07 bits per heavy atom. The Hall–Kier alpha value is -3.53. The molecule has 0 saturated heterocycles. The molecular formula is C28H17Cl. The molecule has 0 aliphatic rings. The fraction of sp³-hybridized carbons (Fsp3) is 0. The summed E-state index contributed by atoms with van der Waals surface area (Å²) in [5.41, 5.74) is 5.35. The molecule has 136 valence electrons. The van der Waals surface area contributed by atoms with Crippen molar-refractivity contribution in [2.24, 2.45) is 0 Å². The smallest absolute Gasteiger partial charge is 0.0569 e. The Bertz CT molecular complexity index is 1390. The van der Waals surface area contributed by atoms with Crippen LogP contribution >= 0.6 is 11.6 Å². The minimum Gasteiger partial charge on any atom is -0.115 e. The van der Waals surface area contributed by atoms with Crippen molar-refractivity contribution in [2.75, 3.05) is 0 Å². The predicted molar refractivity (Wildman–Crippen MR) is 125 cm³/mol. The number of hydrogen-bond acceptors (Lipinski definition) is 0. The van der Waals surface area contributed by atoms with E-state index < -0.39 is 0 Å². The van der Waals surface area contributed by atoms with Crippen LogP contribution in [0, 0.1) is 12.3 Å². The molecule has 0 atom stereocenters. The molecular weight excluding hydrogens is 372 g/mol. The van der Waals surface area contributed by atoms with Crippen LogP contribution in [0.2, 0.25) is 5.02 Å². The minimum atomic E-state index is 0.603. The van der Waals surface area contributed by atoms with Crippen LogP contribution in [-0.4, -0.2) is 0 Å². The van der Waals surface area contributed by atoms with Crippen molar-refractivity contribution in [3.63, 3.8) is 0 Å². The maximum Gasteiger partial charge on any atom is 0.0569 e. The Morgan fingerprint density at radius 3 is 1.66 bits per heavy atom. The van der Waals surface area contributed by atoms with Crippen molar-refractivity contribution < 1.29 is 0 Å². The lowest BCUT2D eigenvalue weighted by molar-refractivity contribution is 1.64. The van der Waals surface area contributed by atoms with Gasteiger partial charge in [0.2, 0.25) is 0 Å². The van der Waals surface area contributed by atoms with Crippen LogP contribution in [0.5, 0.6) is 0 Å². The first-order valence-electron chi connectivity index (χ1n) is 9.54. The van der Waals surface area contributed by atoms with Gasteiger partial charge in [-0.1, -0.05) is 109 Å². The first-order valence-corrected chi connectivity index (χ1v) is 9.92. The molecule has 0 nitrogen and oxygen atoms in total. The second-order valence-corrected chi connectivity index (χ2v) is 7.42. The Balaban J connectivity index is 2.10. The molecule has 5 rings (SSSR count). The molecule has 0 heterocycles. The van der Waals surface area contributed by atoms with E-state index in [0.717, 1.165) is 27.5 Å². The van der Waals surface area contributed by atoms with Crippen molar-refractivity contribution in [2.45, 2.75) is 0 Å². The van der Waals surface area contributed by atoms with Gasteiger partial charge >= 0.3 is 0 Å². The second kappa shape index (κ2) is 7.13. The van der Waals surface area contributed by atoms with Gasteiger partial charge in [0.25, 0.3) is 0 Å². The summed E-state index contributed by atoms with van der Waals surface area (Å²) in [5.74, 6) is 2.86. The van der Waals surface area contributed by atoms with Gasteiger partial charge in [0, 0.05) is 5.39 Å². The summed E-state index contributed by atoms with van der Waals surface area (Å²) in [6.45, 7) is 0. The number of halogens is 1. The Kier molecular flexibility index (Phi) is 4.32. The topological polar surface area (TPSA) is 0 Å². The van der Waals surface area contributed by atoms with Gasteiger partial charge < -0.3 is 0 Å². The number of benzene rings is 5. The average Bonchev–Trinajstić information content (AvgIpc) is 2.78. The summed E-state index contributed by atoms with van der Waals surface area (Å²) < 4.78 is 0. The third-order valence-electron chi connectivity index (χ3n) is 5.41. The van der Waals surface area contributed by atoms with Gasteiger partial charge in [0.1, 0.15) is 0 Å². The summed E-state index contributed by atoms with van der Waals surface area (Å²) in [5, 5.41) is 5.13.